The molecule has 0 amide bonds. The first-order valence-corrected chi connectivity index (χ1v) is 7.73. The second-order valence-corrected chi connectivity index (χ2v) is 5.92. The molecule has 21 heavy (non-hydrogen) atoms. The zero-order valence-corrected chi connectivity index (χ0v) is 13.7. The Morgan fingerprint density at radius 1 is 1.48 bits per heavy atom. The first-order chi connectivity index (χ1) is 9.97. The van der Waals surface area contributed by atoms with Crippen LogP contribution < -0.4 is 15.5 Å². The fourth-order valence-electron chi connectivity index (χ4n) is 2.01. The predicted octanol–water partition coefficient (Wildman–Crippen LogP) is 3.56. The van der Waals surface area contributed by atoms with E-state index in [2.05, 4.69) is 10.7 Å². The van der Waals surface area contributed by atoms with E-state index in [0.717, 1.165) is 25.9 Å². The molecule has 7 heteroatoms. The zero-order chi connectivity index (χ0) is 15.4. The first kappa shape index (κ1) is 16.3. The van der Waals surface area contributed by atoms with Gasteiger partial charge in [-0.05, 0) is 45.0 Å². The van der Waals surface area contributed by atoms with Gasteiger partial charge in [-0.15, -0.1) is 0 Å². The van der Waals surface area contributed by atoms with Gasteiger partial charge in [0.25, 0.3) is 0 Å². The summed E-state index contributed by atoms with van der Waals surface area (Å²) >= 11 is 11.3. The van der Waals surface area contributed by atoms with E-state index in [1.54, 1.807) is 0 Å². The van der Waals surface area contributed by atoms with Crippen molar-refractivity contribution < 1.29 is 9.13 Å². The van der Waals surface area contributed by atoms with Gasteiger partial charge in [-0.2, -0.15) is 0 Å². The van der Waals surface area contributed by atoms with Gasteiger partial charge in [0.05, 0.1) is 16.8 Å². The summed E-state index contributed by atoms with van der Waals surface area (Å²) in [4.78, 5) is 0. The molecule has 0 radical (unpaired) electrons. The van der Waals surface area contributed by atoms with Gasteiger partial charge in [0.2, 0.25) is 0 Å². The number of hydrogen-bond acceptors (Lipinski definition) is 3. The Kier molecular flexibility index (Phi) is 5.61. The van der Waals surface area contributed by atoms with Crippen molar-refractivity contribution in [1.29, 1.82) is 0 Å². The van der Waals surface area contributed by atoms with Gasteiger partial charge in [-0.1, -0.05) is 11.6 Å². The van der Waals surface area contributed by atoms with Gasteiger partial charge in [0.1, 0.15) is 11.6 Å². The van der Waals surface area contributed by atoms with E-state index in [-0.39, 0.29) is 16.8 Å². The van der Waals surface area contributed by atoms with Crippen LogP contribution in [0, 0.1) is 5.82 Å². The Morgan fingerprint density at radius 3 is 2.86 bits per heavy atom. The van der Waals surface area contributed by atoms with Crippen molar-refractivity contribution in [3.63, 3.8) is 0 Å². The van der Waals surface area contributed by atoms with Crippen molar-refractivity contribution in [2.24, 2.45) is 0 Å². The number of nitrogens with zero attached hydrogens (tertiary/aromatic N) is 1. The lowest BCUT2D eigenvalue weighted by molar-refractivity contribution is 0.242. The molecule has 0 aliphatic carbocycles. The maximum Gasteiger partial charge on any atom is 0.188 e. The smallest absolute Gasteiger partial charge is 0.188 e. The summed E-state index contributed by atoms with van der Waals surface area (Å²) in [6, 6.07) is 2.77. The number of ether oxygens (including phenoxy) is 1. The maximum atomic E-state index is 14.0. The van der Waals surface area contributed by atoms with Crippen LogP contribution in [-0.4, -0.2) is 29.3 Å². The second-order valence-electron chi connectivity index (χ2n) is 5.13. The van der Waals surface area contributed by atoms with Crippen molar-refractivity contribution >= 4 is 34.6 Å². The lowest BCUT2D eigenvalue weighted by atomic mass is 10.2. The van der Waals surface area contributed by atoms with Gasteiger partial charge in [-0.3, -0.25) is 5.01 Å². The molecule has 1 aliphatic rings. The quantitative estimate of drug-likeness (QED) is 0.828. The topological polar surface area (TPSA) is 36.5 Å². The number of benzene rings is 1. The van der Waals surface area contributed by atoms with Gasteiger partial charge in [0.15, 0.2) is 5.11 Å². The number of thiocarbonyl (C=S) groups is 1. The van der Waals surface area contributed by atoms with Gasteiger partial charge >= 0.3 is 0 Å². The summed E-state index contributed by atoms with van der Waals surface area (Å²) in [5.74, 6) is -0.0274. The highest BCUT2D eigenvalue weighted by molar-refractivity contribution is 7.80. The van der Waals surface area contributed by atoms with E-state index >= 15 is 0 Å². The zero-order valence-electron chi connectivity index (χ0n) is 12.1. The van der Waals surface area contributed by atoms with E-state index in [9.17, 15) is 4.39 Å². The predicted molar refractivity (Wildman–Crippen MR) is 87.3 cm³/mol. The third-order valence-electron chi connectivity index (χ3n) is 2.98. The SMILES string of the molecule is CC(C)Oc1cc(NC(=S)N2CCCCN2)c(F)cc1Cl. The van der Waals surface area contributed by atoms with Crippen LogP contribution in [0.1, 0.15) is 26.7 Å². The molecule has 0 bridgehead atoms. The van der Waals surface area contributed by atoms with E-state index in [1.807, 2.05) is 18.9 Å². The fraction of sp³-hybridized carbons (Fsp3) is 0.500. The molecule has 0 atom stereocenters. The fourth-order valence-corrected chi connectivity index (χ4v) is 2.47. The normalized spacial score (nSPS) is 15.2. The van der Waals surface area contributed by atoms with Crippen LogP contribution in [0.4, 0.5) is 10.1 Å². The Hall–Kier alpha value is -1.11. The number of halogens is 2. The Bertz CT molecular complexity index is 521. The molecule has 1 heterocycles. The van der Waals surface area contributed by atoms with Crippen molar-refractivity contribution in [2.75, 3.05) is 18.4 Å². The van der Waals surface area contributed by atoms with Gasteiger partial charge in [0, 0.05) is 19.2 Å². The molecular weight excluding hydrogens is 313 g/mol. The molecule has 1 fully saturated rings. The monoisotopic (exact) mass is 331 g/mol. The van der Waals surface area contributed by atoms with E-state index in [1.165, 1.54) is 12.1 Å². The molecule has 0 saturated carbocycles. The highest BCUT2D eigenvalue weighted by atomic mass is 35.5. The van der Waals surface area contributed by atoms with Crippen LogP contribution in [0.5, 0.6) is 5.75 Å². The third kappa shape index (κ3) is 4.43. The first-order valence-electron chi connectivity index (χ1n) is 6.95. The molecule has 2 N–H and O–H groups in total. The lowest BCUT2D eigenvalue weighted by Gasteiger charge is -2.30. The Labute approximate surface area is 134 Å². The summed E-state index contributed by atoms with van der Waals surface area (Å²) in [6.07, 6.45) is 2.12. The highest BCUT2D eigenvalue weighted by Crippen LogP contribution is 2.31. The van der Waals surface area contributed by atoms with Crippen LogP contribution in [0.15, 0.2) is 12.1 Å². The molecule has 4 nitrogen and oxygen atoms in total. The largest absolute Gasteiger partial charge is 0.489 e. The number of anilines is 1. The summed E-state index contributed by atoms with van der Waals surface area (Å²) in [6.45, 7) is 5.44. The molecule has 2 rings (SSSR count). The molecule has 1 saturated heterocycles. The molecule has 116 valence electrons. The molecule has 0 aromatic heterocycles. The summed E-state index contributed by atoms with van der Waals surface area (Å²) in [5, 5.41) is 5.40. The van der Waals surface area contributed by atoms with Crippen molar-refractivity contribution in [2.45, 2.75) is 32.8 Å². The molecule has 1 aliphatic heterocycles. The summed E-state index contributed by atoms with van der Waals surface area (Å²) in [5.41, 5.74) is 3.42. The van der Waals surface area contributed by atoms with Crippen molar-refractivity contribution in [1.82, 2.24) is 10.4 Å². The van der Waals surface area contributed by atoms with E-state index in [4.69, 9.17) is 28.6 Å². The highest BCUT2D eigenvalue weighted by Gasteiger charge is 2.16. The van der Waals surface area contributed by atoms with Crippen molar-refractivity contribution in [3.8, 4) is 5.75 Å². The van der Waals surface area contributed by atoms with E-state index < -0.39 is 5.82 Å². The molecule has 0 spiro atoms. The van der Waals surface area contributed by atoms with Crippen LogP contribution in [-0.2, 0) is 0 Å². The number of nitrogens with one attached hydrogen (secondary N) is 2. The van der Waals surface area contributed by atoms with Crippen LogP contribution in [0.3, 0.4) is 0 Å². The number of hydrazine groups is 1. The standard InChI is InChI=1S/C14H19ClFN3OS/c1-9(2)20-13-8-12(11(16)7-10(13)15)18-14(21)19-6-4-3-5-17-19/h7-9,17H,3-6H2,1-2H3,(H,18,21). The molecule has 1 aromatic rings. The molecule has 1 aromatic carbocycles. The summed E-state index contributed by atoms with van der Waals surface area (Å²) < 4.78 is 19.6. The minimum absolute atomic E-state index is 0.0449. The third-order valence-corrected chi connectivity index (χ3v) is 3.60. The second kappa shape index (κ2) is 7.24. The van der Waals surface area contributed by atoms with Crippen molar-refractivity contribution in [3.05, 3.63) is 23.0 Å². The number of rotatable bonds is 3. The lowest BCUT2D eigenvalue weighted by Crippen LogP contribution is -2.48. The van der Waals surface area contributed by atoms with Crippen LogP contribution in [0.2, 0.25) is 5.02 Å². The average Bonchev–Trinajstić information content (AvgIpc) is 2.44. The van der Waals surface area contributed by atoms with Crippen LogP contribution >= 0.6 is 23.8 Å². The molecular formula is C14H19ClFN3OS. The molecule has 0 unspecified atom stereocenters. The number of hydrogen-bond donors (Lipinski definition) is 2. The summed E-state index contributed by atoms with van der Waals surface area (Å²) in [7, 11) is 0. The minimum Gasteiger partial charge on any atom is -0.489 e. The average molecular weight is 332 g/mol. The van der Waals surface area contributed by atoms with E-state index in [0.29, 0.717) is 10.9 Å². The van der Waals surface area contributed by atoms with Gasteiger partial charge in [-0.25, -0.2) is 9.82 Å². The van der Waals surface area contributed by atoms with Gasteiger partial charge < -0.3 is 10.1 Å². The minimum atomic E-state index is -0.463. The Morgan fingerprint density at radius 2 is 2.24 bits per heavy atom. The van der Waals surface area contributed by atoms with Crippen LogP contribution in [0.25, 0.3) is 0 Å². The maximum absolute atomic E-state index is 14.0. The Balaban J connectivity index is 2.12.